The zero-order valence-corrected chi connectivity index (χ0v) is 24.2. The lowest BCUT2D eigenvalue weighted by molar-refractivity contribution is -0.124. The molecule has 0 spiro atoms. The van der Waals surface area contributed by atoms with Crippen molar-refractivity contribution in [3.8, 4) is 10.4 Å². The number of aryl methyl sites for hydroxylation is 1. The normalized spacial score (nSPS) is 13.9. The maximum Gasteiger partial charge on any atom is 0.222 e. The summed E-state index contributed by atoms with van der Waals surface area (Å²) < 4.78 is 0. The van der Waals surface area contributed by atoms with Crippen LogP contribution in [0.4, 0.5) is 0 Å². The van der Waals surface area contributed by atoms with E-state index in [-0.39, 0.29) is 11.8 Å². The summed E-state index contributed by atoms with van der Waals surface area (Å²) in [4.78, 5) is 38.2. The van der Waals surface area contributed by atoms with Gasteiger partial charge in [-0.2, -0.15) is 0 Å². The molecule has 0 bridgehead atoms. The van der Waals surface area contributed by atoms with Gasteiger partial charge >= 0.3 is 0 Å². The van der Waals surface area contributed by atoms with Gasteiger partial charge in [-0.25, -0.2) is 4.98 Å². The third-order valence-electron chi connectivity index (χ3n) is 4.97. The Morgan fingerprint density at radius 1 is 1.17 bits per heavy atom. The third-order valence-corrected chi connectivity index (χ3v) is 5.94. The number of thiazole rings is 1. The van der Waals surface area contributed by atoms with Gasteiger partial charge in [0, 0.05) is 31.6 Å². The van der Waals surface area contributed by atoms with Crippen molar-refractivity contribution >= 4 is 30.1 Å². The Morgan fingerprint density at radius 3 is 2.11 bits per heavy atom. The monoisotopic (exact) mass is 518 g/mol. The quantitative estimate of drug-likeness (QED) is 0.478. The van der Waals surface area contributed by atoms with E-state index < -0.39 is 0 Å². The predicted molar refractivity (Wildman–Crippen MR) is 151 cm³/mol. The first-order valence-electron chi connectivity index (χ1n) is 12.7. The van der Waals surface area contributed by atoms with Crippen molar-refractivity contribution in [3.05, 3.63) is 41.0 Å². The van der Waals surface area contributed by atoms with Gasteiger partial charge in [-0.15, -0.1) is 11.3 Å². The lowest BCUT2D eigenvalue weighted by atomic mass is 10.1. The molecule has 1 fully saturated rings. The van der Waals surface area contributed by atoms with E-state index in [1.165, 1.54) is 23.3 Å². The highest BCUT2D eigenvalue weighted by Crippen LogP contribution is 2.27. The Morgan fingerprint density at radius 2 is 1.78 bits per heavy atom. The fraction of sp³-hybridized carbons (Fsp3) is 0.571. The van der Waals surface area contributed by atoms with Crippen LogP contribution >= 0.6 is 11.3 Å². The lowest BCUT2D eigenvalue weighted by Crippen LogP contribution is -2.26. The van der Waals surface area contributed by atoms with Gasteiger partial charge in [-0.1, -0.05) is 58.9 Å². The second-order valence-electron chi connectivity index (χ2n) is 9.58. The van der Waals surface area contributed by atoms with Gasteiger partial charge < -0.3 is 15.5 Å². The van der Waals surface area contributed by atoms with Crippen LogP contribution in [0.25, 0.3) is 10.4 Å². The maximum absolute atomic E-state index is 10.6. The fourth-order valence-electron chi connectivity index (χ4n) is 3.00. The average molecular weight is 519 g/mol. The molecule has 0 aliphatic carbocycles. The van der Waals surface area contributed by atoms with Crippen LogP contribution in [0.2, 0.25) is 0 Å². The molecule has 1 aromatic heterocycles. The molecule has 3 amide bonds. The van der Waals surface area contributed by atoms with Crippen molar-refractivity contribution in [1.29, 1.82) is 0 Å². The van der Waals surface area contributed by atoms with E-state index in [1.807, 2.05) is 50.2 Å². The largest absolute Gasteiger partial charge is 0.356 e. The van der Waals surface area contributed by atoms with Crippen LogP contribution in [0.15, 0.2) is 29.8 Å². The molecule has 2 heterocycles. The molecule has 1 atom stereocenters. The molecule has 7 nitrogen and oxygen atoms in total. The first kappa shape index (κ1) is 33.3. The first-order chi connectivity index (χ1) is 17.1. The summed E-state index contributed by atoms with van der Waals surface area (Å²) in [6.45, 7) is 18.5. The maximum atomic E-state index is 10.6. The number of carbonyl (C=O) groups is 3. The smallest absolute Gasteiger partial charge is 0.222 e. The molecule has 1 aromatic carbocycles. The molecule has 1 aliphatic rings. The highest BCUT2D eigenvalue weighted by atomic mass is 32.1. The molecule has 2 N–H and O–H groups in total. The van der Waals surface area contributed by atoms with Gasteiger partial charge in [0.05, 0.1) is 16.1 Å². The summed E-state index contributed by atoms with van der Waals surface area (Å²) in [5.41, 5.74) is 5.18. The number of aromatic nitrogens is 1. The number of rotatable bonds is 7. The molecule has 1 unspecified atom stereocenters. The molecule has 1 saturated heterocycles. The Labute approximate surface area is 222 Å². The van der Waals surface area contributed by atoms with Crippen molar-refractivity contribution < 1.29 is 14.4 Å². The van der Waals surface area contributed by atoms with Gasteiger partial charge in [0.15, 0.2) is 0 Å². The van der Waals surface area contributed by atoms with Crippen LogP contribution in [-0.4, -0.2) is 47.7 Å². The Balaban J connectivity index is 0.000000518. The van der Waals surface area contributed by atoms with Crippen molar-refractivity contribution in [1.82, 2.24) is 20.5 Å². The van der Waals surface area contributed by atoms with Crippen LogP contribution < -0.4 is 10.6 Å². The van der Waals surface area contributed by atoms with Gasteiger partial charge in [0.1, 0.15) is 0 Å². The lowest BCUT2D eigenvalue weighted by Gasteiger charge is -2.13. The number of nitrogens with zero attached hydrogens (tertiary/aromatic N) is 2. The van der Waals surface area contributed by atoms with Gasteiger partial charge in [0.2, 0.25) is 18.7 Å². The molecule has 0 radical (unpaired) electrons. The zero-order chi connectivity index (χ0) is 27.5. The van der Waals surface area contributed by atoms with Crippen LogP contribution in [-0.2, 0) is 20.9 Å². The second-order valence-corrected chi connectivity index (χ2v) is 10.4. The average Bonchev–Trinajstić information content (AvgIpc) is 3.46. The zero-order valence-electron chi connectivity index (χ0n) is 23.3. The molecule has 202 valence electrons. The van der Waals surface area contributed by atoms with Crippen molar-refractivity contribution in [2.75, 3.05) is 13.1 Å². The predicted octanol–water partition coefficient (Wildman–Crippen LogP) is 5.43. The van der Waals surface area contributed by atoms with Crippen LogP contribution in [0.1, 0.15) is 72.6 Å². The molecule has 36 heavy (non-hydrogen) atoms. The standard InChI is InChI=1S/C12H12N2OS.C6H11NO.C6H13NO.C4H10/c1-9-12(16-8-14-9)11-4-2-10(3-5-11)6-13-7-15;1-6-3-2-4-7(6)5-8;1-4-7-6(8)5(2)3;1-4(2)3/h2-5,7-8H,6H2,1H3,(H,13,15);5-6H,2-4H2,1H3;5H,4H2,1-3H3,(H,7,8);4H,1-3H3. The van der Waals surface area contributed by atoms with Gasteiger partial charge in [0.25, 0.3) is 0 Å². The molecular formula is C28H46N4O3S. The minimum absolute atomic E-state index is 0.120. The topological polar surface area (TPSA) is 91.4 Å². The fourth-order valence-corrected chi connectivity index (χ4v) is 3.81. The third kappa shape index (κ3) is 14.6. The van der Waals surface area contributed by atoms with Gasteiger partial charge in [-0.05, 0) is 50.7 Å². The van der Waals surface area contributed by atoms with Crippen molar-refractivity contribution in [2.24, 2.45) is 11.8 Å². The number of hydrogen-bond acceptors (Lipinski definition) is 5. The second kappa shape index (κ2) is 19.4. The SMILES string of the molecule is CC(C)C.CC1CCCN1C=O.CCNC(=O)C(C)C.Cc1ncsc1-c1ccc(CNC=O)cc1. The molecule has 3 rings (SSSR count). The van der Waals surface area contributed by atoms with E-state index >= 15 is 0 Å². The van der Waals surface area contributed by atoms with E-state index in [0.29, 0.717) is 19.0 Å². The molecule has 8 heteroatoms. The van der Waals surface area contributed by atoms with Gasteiger partial charge in [-0.3, -0.25) is 14.4 Å². The highest BCUT2D eigenvalue weighted by Gasteiger charge is 2.16. The Hall–Kier alpha value is -2.74. The summed E-state index contributed by atoms with van der Waals surface area (Å²) in [5, 5.41) is 5.35. The summed E-state index contributed by atoms with van der Waals surface area (Å²) in [6.07, 6.45) is 4.01. The molecule has 1 aliphatic heterocycles. The Kier molecular flexibility index (Phi) is 18.0. The van der Waals surface area contributed by atoms with Crippen molar-refractivity contribution in [2.45, 2.75) is 80.8 Å². The summed E-state index contributed by atoms with van der Waals surface area (Å²) in [5.74, 6) is 1.09. The minimum Gasteiger partial charge on any atom is -0.356 e. The van der Waals surface area contributed by atoms with E-state index in [4.69, 9.17) is 0 Å². The van der Waals surface area contributed by atoms with E-state index in [1.54, 1.807) is 11.3 Å². The number of nitrogens with one attached hydrogen (secondary N) is 2. The summed E-state index contributed by atoms with van der Waals surface area (Å²) >= 11 is 1.64. The van der Waals surface area contributed by atoms with Crippen LogP contribution in [0.3, 0.4) is 0 Å². The van der Waals surface area contributed by atoms with E-state index in [2.05, 4.69) is 55.4 Å². The number of amides is 3. The summed E-state index contributed by atoms with van der Waals surface area (Å²) in [7, 11) is 0. The number of carbonyl (C=O) groups excluding carboxylic acids is 3. The van der Waals surface area contributed by atoms with Crippen LogP contribution in [0.5, 0.6) is 0 Å². The number of benzene rings is 1. The molecule has 2 aromatic rings. The van der Waals surface area contributed by atoms with Crippen molar-refractivity contribution in [3.63, 3.8) is 0 Å². The van der Waals surface area contributed by atoms with E-state index in [9.17, 15) is 14.4 Å². The van der Waals surface area contributed by atoms with E-state index in [0.717, 1.165) is 36.7 Å². The first-order valence-corrected chi connectivity index (χ1v) is 13.6. The number of likely N-dealkylation sites (tertiary alicyclic amines) is 1. The Bertz CT molecular complexity index is 863. The van der Waals surface area contributed by atoms with Crippen LogP contribution in [0, 0.1) is 18.8 Å². The molecular weight excluding hydrogens is 472 g/mol. The summed E-state index contributed by atoms with van der Waals surface area (Å²) in [6, 6.07) is 8.65. The number of hydrogen-bond donors (Lipinski definition) is 2. The minimum atomic E-state index is 0.120. The molecule has 0 saturated carbocycles. The highest BCUT2D eigenvalue weighted by molar-refractivity contribution is 7.13.